The number of piperazine rings is 1. The zero-order valence-electron chi connectivity index (χ0n) is 15.6. The van der Waals surface area contributed by atoms with E-state index in [1.165, 1.54) is 7.11 Å². The van der Waals surface area contributed by atoms with Gasteiger partial charge in [0.1, 0.15) is 0 Å². The molecule has 2 N–H and O–H groups in total. The number of ether oxygens (including phenoxy) is 1. The van der Waals surface area contributed by atoms with Crippen LogP contribution < -0.4 is 15.5 Å². The summed E-state index contributed by atoms with van der Waals surface area (Å²) < 4.78 is 4.65. The van der Waals surface area contributed by atoms with Crippen molar-refractivity contribution in [2.75, 3.05) is 55.9 Å². The van der Waals surface area contributed by atoms with Gasteiger partial charge >= 0.3 is 12.0 Å². The van der Waals surface area contributed by atoms with E-state index >= 15 is 0 Å². The van der Waals surface area contributed by atoms with E-state index in [1.807, 2.05) is 24.3 Å². The number of likely N-dealkylation sites (N-methyl/N-ethyl adjacent to an activating group) is 1. The van der Waals surface area contributed by atoms with Crippen LogP contribution in [0.1, 0.15) is 10.4 Å². The van der Waals surface area contributed by atoms with Gasteiger partial charge in [-0.05, 0) is 55.6 Å². The highest BCUT2D eigenvalue weighted by Crippen LogP contribution is 2.19. The van der Waals surface area contributed by atoms with Gasteiger partial charge < -0.3 is 25.2 Å². The summed E-state index contributed by atoms with van der Waals surface area (Å²) >= 11 is 0. The standard InChI is InChI=1S/C20H24N4O3/c1-23-11-13-24(14-12-23)18-9-7-17(8-10-18)22-20(26)21-16-5-3-15(4-6-16)19(25)27-2/h3-10H,11-14H2,1-2H3,(H2,21,22,26). The number of anilines is 3. The van der Waals surface area contributed by atoms with Crippen molar-refractivity contribution in [1.29, 1.82) is 0 Å². The number of esters is 1. The smallest absolute Gasteiger partial charge is 0.337 e. The molecule has 1 saturated heterocycles. The number of rotatable bonds is 4. The molecule has 0 saturated carbocycles. The first-order chi connectivity index (χ1) is 13.0. The minimum Gasteiger partial charge on any atom is -0.465 e. The Morgan fingerprint density at radius 2 is 1.37 bits per heavy atom. The van der Waals surface area contributed by atoms with Crippen LogP contribution in [0.3, 0.4) is 0 Å². The quantitative estimate of drug-likeness (QED) is 0.812. The van der Waals surface area contributed by atoms with E-state index in [9.17, 15) is 9.59 Å². The number of nitrogens with zero attached hydrogens (tertiary/aromatic N) is 2. The summed E-state index contributed by atoms with van der Waals surface area (Å²) in [4.78, 5) is 28.2. The molecule has 1 fully saturated rings. The van der Waals surface area contributed by atoms with E-state index < -0.39 is 5.97 Å². The van der Waals surface area contributed by atoms with E-state index in [0.29, 0.717) is 11.3 Å². The monoisotopic (exact) mass is 368 g/mol. The van der Waals surface area contributed by atoms with Crippen LogP contribution >= 0.6 is 0 Å². The molecule has 0 spiro atoms. The second-order valence-electron chi connectivity index (χ2n) is 6.49. The van der Waals surface area contributed by atoms with E-state index in [1.54, 1.807) is 24.3 Å². The van der Waals surface area contributed by atoms with Gasteiger partial charge in [0.25, 0.3) is 0 Å². The van der Waals surface area contributed by atoms with Gasteiger partial charge in [0.15, 0.2) is 0 Å². The average Bonchev–Trinajstić information content (AvgIpc) is 2.69. The van der Waals surface area contributed by atoms with Crippen LogP contribution in [0, 0.1) is 0 Å². The molecule has 0 atom stereocenters. The molecule has 1 heterocycles. The summed E-state index contributed by atoms with van der Waals surface area (Å²) in [6, 6.07) is 14.0. The van der Waals surface area contributed by atoms with Gasteiger partial charge in [-0.25, -0.2) is 9.59 Å². The van der Waals surface area contributed by atoms with Crippen molar-refractivity contribution in [3.05, 3.63) is 54.1 Å². The minimum atomic E-state index is -0.411. The Bertz CT molecular complexity index is 782. The third-order valence-electron chi connectivity index (χ3n) is 4.56. The molecule has 2 aromatic rings. The van der Waals surface area contributed by atoms with E-state index in [0.717, 1.165) is 37.6 Å². The lowest BCUT2D eigenvalue weighted by Crippen LogP contribution is -2.44. The lowest BCUT2D eigenvalue weighted by Gasteiger charge is -2.34. The van der Waals surface area contributed by atoms with E-state index in [-0.39, 0.29) is 6.03 Å². The number of urea groups is 1. The fourth-order valence-corrected chi connectivity index (χ4v) is 2.92. The molecule has 1 aliphatic rings. The zero-order chi connectivity index (χ0) is 19.2. The van der Waals surface area contributed by atoms with Gasteiger partial charge in [-0.2, -0.15) is 0 Å². The number of benzene rings is 2. The minimum absolute atomic E-state index is 0.340. The first-order valence-electron chi connectivity index (χ1n) is 8.85. The molecule has 3 rings (SSSR count). The third-order valence-corrected chi connectivity index (χ3v) is 4.56. The molecular formula is C20H24N4O3. The Kier molecular flexibility index (Phi) is 5.93. The number of carbonyl (C=O) groups excluding carboxylic acids is 2. The number of carbonyl (C=O) groups is 2. The van der Waals surface area contributed by atoms with Crippen molar-refractivity contribution in [3.63, 3.8) is 0 Å². The van der Waals surface area contributed by atoms with E-state index in [2.05, 4.69) is 32.2 Å². The van der Waals surface area contributed by atoms with Crippen LogP contribution in [0.5, 0.6) is 0 Å². The normalized spacial score (nSPS) is 14.5. The molecule has 2 amide bonds. The second-order valence-corrected chi connectivity index (χ2v) is 6.49. The number of hydrogen-bond acceptors (Lipinski definition) is 5. The molecule has 0 aliphatic carbocycles. The third kappa shape index (κ3) is 4.98. The molecule has 142 valence electrons. The van der Waals surface area contributed by atoms with Crippen LogP contribution in [0.2, 0.25) is 0 Å². The zero-order valence-corrected chi connectivity index (χ0v) is 15.6. The Morgan fingerprint density at radius 1 is 0.852 bits per heavy atom. The van der Waals surface area contributed by atoms with Crippen molar-refractivity contribution >= 4 is 29.1 Å². The van der Waals surface area contributed by atoms with Gasteiger partial charge in [0.05, 0.1) is 12.7 Å². The number of amides is 2. The highest BCUT2D eigenvalue weighted by Gasteiger charge is 2.14. The van der Waals surface area contributed by atoms with Crippen LogP contribution in [0.15, 0.2) is 48.5 Å². The number of hydrogen-bond donors (Lipinski definition) is 2. The molecule has 0 radical (unpaired) electrons. The molecule has 0 bridgehead atoms. The summed E-state index contributed by atoms with van der Waals surface area (Å²) in [7, 11) is 3.46. The Labute approximate surface area is 158 Å². The predicted molar refractivity (Wildman–Crippen MR) is 107 cm³/mol. The maximum atomic E-state index is 12.1. The van der Waals surface area contributed by atoms with Crippen LogP contribution in [0.25, 0.3) is 0 Å². The average molecular weight is 368 g/mol. The van der Waals surface area contributed by atoms with Gasteiger partial charge in [0.2, 0.25) is 0 Å². The second kappa shape index (κ2) is 8.55. The van der Waals surface area contributed by atoms with Crippen LogP contribution in [0.4, 0.5) is 21.9 Å². The molecule has 0 unspecified atom stereocenters. The summed E-state index contributed by atoms with van der Waals surface area (Å²) in [5.74, 6) is -0.411. The number of nitrogens with one attached hydrogen (secondary N) is 2. The maximum absolute atomic E-state index is 12.1. The summed E-state index contributed by atoms with van der Waals surface area (Å²) in [6.45, 7) is 4.12. The summed E-state index contributed by atoms with van der Waals surface area (Å²) in [5.41, 5.74) is 2.90. The molecule has 7 nitrogen and oxygen atoms in total. The Morgan fingerprint density at radius 3 is 1.89 bits per heavy atom. The van der Waals surface area contributed by atoms with Crippen molar-refractivity contribution in [2.45, 2.75) is 0 Å². The van der Waals surface area contributed by atoms with Crippen LogP contribution in [-0.2, 0) is 4.74 Å². The van der Waals surface area contributed by atoms with Crippen LogP contribution in [-0.4, -0.2) is 57.2 Å². The highest BCUT2D eigenvalue weighted by atomic mass is 16.5. The van der Waals surface area contributed by atoms with Crippen molar-refractivity contribution in [3.8, 4) is 0 Å². The van der Waals surface area contributed by atoms with Crippen molar-refractivity contribution in [1.82, 2.24) is 4.90 Å². The topological polar surface area (TPSA) is 73.9 Å². The van der Waals surface area contributed by atoms with Gasteiger partial charge in [-0.1, -0.05) is 0 Å². The van der Waals surface area contributed by atoms with Crippen molar-refractivity contribution < 1.29 is 14.3 Å². The van der Waals surface area contributed by atoms with E-state index in [4.69, 9.17) is 0 Å². The van der Waals surface area contributed by atoms with Gasteiger partial charge in [0, 0.05) is 43.2 Å². The Balaban J connectivity index is 1.54. The van der Waals surface area contributed by atoms with Gasteiger partial charge in [-0.15, -0.1) is 0 Å². The summed E-state index contributed by atoms with van der Waals surface area (Å²) in [6.07, 6.45) is 0. The molecule has 27 heavy (non-hydrogen) atoms. The first-order valence-corrected chi connectivity index (χ1v) is 8.85. The SMILES string of the molecule is COC(=O)c1ccc(NC(=O)Nc2ccc(N3CCN(C)CC3)cc2)cc1. The highest BCUT2D eigenvalue weighted by molar-refractivity contribution is 6.00. The fraction of sp³-hybridized carbons (Fsp3) is 0.300. The Hall–Kier alpha value is -3.06. The molecule has 7 heteroatoms. The maximum Gasteiger partial charge on any atom is 0.337 e. The molecule has 0 aromatic heterocycles. The fourth-order valence-electron chi connectivity index (χ4n) is 2.92. The van der Waals surface area contributed by atoms with Gasteiger partial charge in [-0.3, -0.25) is 0 Å². The molecule has 2 aromatic carbocycles. The molecule has 1 aliphatic heterocycles. The lowest BCUT2D eigenvalue weighted by atomic mass is 10.2. The first kappa shape index (κ1) is 18.7. The lowest BCUT2D eigenvalue weighted by molar-refractivity contribution is 0.0601. The number of methoxy groups -OCH3 is 1. The predicted octanol–water partition coefficient (Wildman–Crippen LogP) is 2.87. The molecular weight excluding hydrogens is 344 g/mol. The van der Waals surface area contributed by atoms with Crippen molar-refractivity contribution in [2.24, 2.45) is 0 Å². The summed E-state index contributed by atoms with van der Waals surface area (Å²) in [5, 5.41) is 5.55. The largest absolute Gasteiger partial charge is 0.465 e.